The summed E-state index contributed by atoms with van der Waals surface area (Å²) in [4.78, 5) is 0. The number of para-hydroxylation sites is 1. The maximum absolute atomic E-state index is 13.2. The van der Waals surface area contributed by atoms with Gasteiger partial charge in [0.15, 0.2) is 11.6 Å². The van der Waals surface area contributed by atoms with Crippen molar-refractivity contribution in [3.63, 3.8) is 0 Å². The van der Waals surface area contributed by atoms with Crippen molar-refractivity contribution in [1.82, 2.24) is 0 Å². The number of halogens is 3. The van der Waals surface area contributed by atoms with Crippen LogP contribution in [-0.4, -0.2) is 0 Å². The fourth-order valence-corrected chi connectivity index (χ4v) is 1.81. The highest BCUT2D eigenvalue weighted by Gasteiger charge is 2.14. The zero-order chi connectivity index (χ0) is 13.8. The molecule has 0 aliphatic carbocycles. The Morgan fingerprint density at radius 2 is 1.84 bits per heavy atom. The molecule has 0 fully saturated rings. The molecule has 0 bridgehead atoms. The largest absolute Gasteiger partial charge is 0.365 e. The molecule has 1 atom stereocenters. The van der Waals surface area contributed by atoms with E-state index in [2.05, 4.69) is 5.32 Å². The van der Waals surface area contributed by atoms with Crippen LogP contribution in [0, 0.1) is 23.0 Å². The third-order valence-electron chi connectivity index (χ3n) is 2.58. The summed E-state index contributed by atoms with van der Waals surface area (Å²) < 4.78 is 26.0. The highest BCUT2D eigenvalue weighted by atomic mass is 35.5. The van der Waals surface area contributed by atoms with Crippen molar-refractivity contribution in [3.05, 3.63) is 64.7 Å². The summed E-state index contributed by atoms with van der Waals surface area (Å²) in [5.41, 5.74) is 0.891. The maximum atomic E-state index is 13.2. The van der Waals surface area contributed by atoms with Crippen LogP contribution in [0.15, 0.2) is 42.5 Å². The van der Waals surface area contributed by atoms with Crippen molar-refractivity contribution in [2.75, 3.05) is 5.32 Å². The molecule has 5 heteroatoms. The van der Waals surface area contributed by atoms with Crippen molar-refractivity contribution in [1.29, 1.82) is 5.26 Å². The third kappa shape index (κ3) is 3.01. The lowest BCUT2D eigenvalue weighted by Gasteiger charge is -2.14. The van der Waals surface area contributed by atoms with E-state index in [0.717, 1.165) is 12.1 Å². The minimum Gasteiger partial charge on any atom is -0.365 e. The molecule has 1 N–H and O–H groups in total. The topological polar surface area (TPSA) is 35.8 Å². The predicted molar refractivity (Wildman–Crippen MR) is 69.8 cm³/mol. The standard InChI is InChI=1S/C14H9ClF2N2/c15-10-3-1-2-4-13(10)19-14(8-18)9-5-6-11(16)12(17)7-9/h1-7,14,19H. The molecular weight excluding hydrogens is 270 g/mol. The maximum Gasteiger partial charge on any atom is 0.159 e. The van der Waals surface area contributed by atoms with Gasteiger partial charge in [0, 0.05) is 0 Å². The molecule has 0 amide bonds. The van der Waals surface area contributed by atoms with Crippen LogP contribution in [-0.2, 0) is 0 Å². The highest BCUT2D eigenvalue weighted by molar-refractivity contribution is 6.33. The molecular formula is C14H9ClF2N2. The Balaban J connectivity index is 2.28. The minimum atomic E-state index is -0.987. The van der Waals surface area contributed by atoms with Crippen molar-refractivity contribution in [2.24, 2.45) is 0 Å². The molecule has 0 radical (unpaired) electrons. The lowest BCUT2D eigenvalue weighted by atomic mass is 10.1. The van der Waals surface area contributed by atoms with Gasteiger partial charge in [0.05, 0.1) is 16.8 Å². The first-order chi connectivity index (χ1) is 9.11. The summed E-state index contributed by atoms with van der Waals surface area (Å²) in [7, 11) is 0. The normalized spacial score (nSPS) is 11.7. The Kier molecular flexibility index (Phi) is 3.98. The van der Waals surface area contributed by atoms with E-state index in [4.69, 9.17) is 16.9 Å². The number of nitrogens with zero attached hydrogens (tertiary/aromatic N) is 1. The molecule has 2 nitrogen and oxygen atoms in total. The van der Waals surface area contributed by atoms with Gasteiger partial charge >= 0.3 is 0 Å². The van der Waals surface area contributed by atoms with Gasteiger partial charge < -0.3 is 5.32 Å². The van der Waals surface area contributed by atoms with E-state index in [-0.39, 0.29) is 0 Å². The summed E-state index contributed by atoms with van der Waals surface area (Å²) in [6.45, 7) is 0. The second-order valence-electron chi connectivity index (χ2n) is 3.86. The minimum absolute atomic E-state index is 0.335. The van der Waals surface area contributed by atoms with E-state index in [1.165, 1.54) is 6.07 Å². The molecule has 0 heterocycles. The Bertz CT molecular complexity index is 638. The van der Waals surface area contributed by atoms with Crippen molar-refractivity contribution < 1.29 is 8.78 Å². The highest BCUT2D eigenvalue weighted by Crippen LogP contribution is 2.26. The molecule has 2 aromatic carbocycles. The molecule has 0 spiro atoms. The van der Waals surface area contributed by atoms with E-state index < -0.39 is 17.7 Å². The van der Waals surface area contributed by atoms with E-state index in [1.807, 2.05) is 6.07 Å². The van der Waals surface area contributed by atoms with E-state index >= 15 is 0 Å². The number of nitrogens with one attached hydrogen (secondary N) is 1. The zero-order valence-corrected chi connectivity index (χ0v) is 10.5. The Morgan fingerprint density at radius 3 is 2.47 bits per heavy atom. The van der Waals surface area contributed by atoms with Crippen LogP contribution in [0.25, 0.3) is 0 Å². The van der Waals surface area contributed by atoms with Crippen molar-refractivity contribution >= 4 is 17.3 Å². The monoisotopic (exact) mass is 278 g/mol. The summed E-state index contributed by atoms with van der Waals surface area (Å²) in [6.07, 6.45) is 0. The third-order valence-corrected chi connectivity index (χ3v) is 2.91. The van der Waals surface area contributed by atoms with Gasteiger partial charge in [0.25, 0.3) is 0 Å². The number of benzene rings is 2. The van der Waals surface area contributed by atoms with Crippen molar-refractivity contribution in [2.45, 2.75) is 6.04 Å². The van der Waals surface area contributed by atoms with Gasteiger partial charge in [-0.2, -0.15) is 5.26 Å². The molecule has 2 aromatic rings. The quantitative estimate of drug-likeness (QED) is 0.909. The number of nitriles is 1. The smallest absolute Gasteiger partial charge is 0.159 e. The van der Waals surface area contributed by atoms with Crippen LogP contribution < -0.4 is 5.32 Å². The lowest BCUT2D eigenvalue weighted by Crippen LogP contribution is -2.09. The molecule has 0 saturated carbocycles. The van der Waals surface area contributed by atoms with Crippen molar-refractivity contribution in [3.8, 4) is 6.07 Å². The average molecular weight is 279 g/mol. The number of hydrogen-bond donors (Lipinski definition) is 1. The van der Waals surface area contributed by atoms with Gasteiger partial charge in [0.2, 0.25) is 0 Å². The summed E-state index contributed by atoms with van der Waals surface area (Å²) >= 11 is 5.96. The lowest BCUT2D eigenvalue weighted by molar-refractivity contribution is 0.507. The molecule has 0 aliphatic heterocycles. The van der Waals surface area contributed by atoms with Crippen LogP contribution in [0.4, 0.5) is 14.5 Å². The molecule has 0 saturated heterocycles. The number of anilines is 1. The Labute approximate surface area is 114 Å². The fourth-order valence-electron chi connectivity index (χ4n) is 1.62. The SMILES string of the molecule is N#CC(Nc1ccccc1Cl)c1ccc(F)c(F)c1. The van der Waals surface area contributed by atoms with E-state index in [9.17, 15) is 8.78 Å². The zero-order valence-electron chi connectivity index (χ0n) is 9.70. The van der Waals surface area contributed by atoms with E-state index in [0.29, 0.717) is 16.3 Å². The van der Waals surface area contributed by atoms with Crippen LogP contribution >= 0.6 is 11.6 Å². The van der Waals surface area contributed by atoms with Gasteiger partial charge in [-0.1, -0.05) is 29.8 Å². The van der Waals surface area contributed by atoms with Crippen LogP contribution in [0.2, 0.25) is 5.02 Å². The number of hydrogen-bond acceptors (Lipinski definition) is 2. The average Bonchev–Trinajstić information content (AvgIpc) is 2.41. The van der Waals surface area contributed by atoms with Gasteiger partial charge in [-0.15, -0.1) is 0 Å². The summed E-state index contributed by atoms with van der Waals surface area (Å²) in [6, 6.07) is 11.4. The van der Waals surface area contributed by atoms with Gasteiger partial charge in [-0.25, -0.2) is 8.78 Å². The Morgan fingerprint density at radius 1 is 1.11 bits per heavy atom. The van der Waals surface area contributed by atoms with Gasteiger partial charge in [0.1, 0.15) is 6.04 Å². The van der Waals surface area contributed by atoms with Gasteiger partial charge in [-0.3, -0.25) is 0 Å². The van der Waals surface area contributed by atoms with Gasteiger partial charge in [-0.05, 0) is 29.8 Å². The van der Waals surface area contributed by atoms with Crippen LogP contribution in [0.5, 0.6) is 0 Å². The molecule has 1 unspecified atom stereocenters. The number of rotatable bonds is 3. The molecule has 0 aliphatic rings. The molecule has 0 aromatic heterocycles. The van der Waals surface area contributed by atoms with Crippen LogP contribution in [0.3, 0.4) is 0 Å². The Hall–Kier alpha value is -2.12. The fraction of sp³-hybridized carbons (Fsp3) is 0.0714. The molecule has 96 valence electrons. The van der Waals surface area contributed by atoms with E-state index in [1.54, 1.807) is 24.3 Å². The molecule has 2 rings (SSSR count). The van der Waals surface area contributed by atoms with Crippen LogP contribution in [0.1, 0.15) is 11.6 Å². The first kappa shape index (κ1) is 13.3. The summed E-state index contributed by atoms with van der Waals surface area (Å²) in [5.74, 6) is -1.93. The first-order valence-electron chi connectivity index (χ1n) is 5.47. The first-order valence-corrected chi connectivity index (χ1v) is 5.85. The predicted octanol–water partition coefficient (Wildman–Crippen LogP) is 4.29. The molecule has 19 heavy (non-hydrogen) atoms. The summed E-state index contributed by atoms with van der Waals surface area (Å²) in [5, 5.41) is 12.4. The second-order valence-corrected chi connectivity index (χ2v) is 4.27. The second kappa shape index (κ2) is 5.68.